The number of carbonyl (C=O) groups excluding carboxylic acids is 2. The summed E-state index contributed by atoms with van der Waals surface area (Å²) in [5.74, 6) is 0.442. The molecule has 0 spiro atoms. The number of hydrogen-bond acceptors (Lipinski definition) is 6. The van der Waals surface area contributed by atoms with E-state index in [0.29, 0.717) is 12.8 Å². The minimum Gasteiger partial charge on any atom is -0.399 e. The van der Waals surface area contributed by atoms with Crippen LogP contribution in [0.15, 0.2) is 53.0 Å². The summed E-state index contributed by atoms with van der Waals surface area (Å²) in [7, 11) is 3.83. The number of hydrogen-bond donors (Lipinski definition) is 0. The van der Waals surface area contributed by atoms with Gasteiger partial charge in [-0.05, 0) is 70.5 Å². The van der Waals surface area contributed by atoms with Crippen LogP contribution < -0.4 is 5.46 Å². The van der Waals surface area contributed by atoms with Crippen LogP contribution in [0.1, 0.15) is 38.8 Å². The molecule has 0 N–H and O–H groups in total. The minimum absolute atomic E-state index is 0.205. The normalized spacial score (nSPS) is 20.7. The molecule has 3 fully saturated rings. The second-order valence-corrected chi connectivity index (χ2v) is 13.6. The number of amides is 2. The smallest absolute Gasteiger partial charge is 0.399 e. The van der Waals surface area contributed by atoms with Crippen molar-refractivity contribution in [3.63, 3.8) is 0 Å². The van der Waals surface area contributed by atoms with Crippen molar-refractivity contribution in [1.29, 1.82) is 0 Å². The second kappa shape index (κ2) is 14.0. The monoisotopic (exact) mass is 640 g/mol. The quantitative estimate of drug-likeness (QED) is 0.468. The number of likely N-dealkylation sites (N-methyl/N-ethyl adjacent to an activating group) is 2. The van der Waals surface area contributed by atoms with Gasteiger partial charge in [0.25, 0.3) is 0 Å². The molecule has 0 unspecified atom stereocenters. The Hall–Kier alpha value is -2.24. The molecule has 8 nitrogen and oxygen atoms in total. The molecule has 0 saturated carbocycles. The summed E-state index contributed by atoms with van der Waals surface area (Å²) in [6.45, 7) is 15.4. The highest BCUT2D eigenvalue weighted by molar-refractivity contribution is 9.10. The first kappa shape index (κ1) is 32.7. The van der Waals surface area contributed by atoms with Gasteiger partial charge in [-0.2, -0.15) is 0 Å². The van der Waals surface area contributed by atoms with Crippen LogP contribution >= 0.6 is 15.9 Å². The topological polar surface area (TPSA) is 65.6 Å². The van der Waals surface area contributed by atoms with E-state index in [-0.39, 0.29) is 30.1 Å². The van der Waals surface area contributed by atoms with Gasteiger partial charge >= 0.3 is 7.12 Å². The molecule has 3 aliphatic rings. The van der Waals surface area contributed by atoms with Crippen molar-refractivity contribution in [3.8, 4) is 0 Å². The van der Waals surface area contributed by atoms with Crippen LogP contribution in [0.3, 0.4) is 0 Å². The summed E-state index contributed by atoms with van der Waals surface area (Å²) in [5, 5.41) is 0. The molecule has 42 heavy (non-hydrogen) atoms. The fourth-order valence-electron chi connectivity index (χ4n) is 5.06. The van der Waals surface area contributed by atoms with Gasteiger partial charge in [0.15, 0.2) is 0 Å². The summed E-state index contributed by atoms with van der Waals surface area (Å²) in [6, 6.07) is 16.0. The van der Waals surface area contributed by atoms with Crippen molar-refractivity contribution in [3.05, 3.63) is 64.1 Å². The molecule has 3 aliphatic heterocycles. The van der Waals surface area contributed by atoms with Crippen LogP contribution in [-0.2, 0) is 31.7 Å². The van der Waals surface area contributed by atoms with E-state index in [0.717, 1.165) is 73.4 Å². The molecule has 2 aromatic carbocycles. The zero-order valence-corrected chi connectivity index (χ0v) is 27.7. The van der Waals surface area contributed by atoms with Crippen molar-refractivity contribution in [1.82, 2.24) is 19.6 Å². The first-order valence-corrected chi connectivity index (χ1v) is 15.7. The Morgan fingerprint density at radius 1 is 0.667 bits per heavy atom. The molecule has 5 rings (SSSR count). The lowest BCUT2D eigenvalue weighted by Crippen LogP contribution is -2.47. The highest BCUT2D eigenvalue weighted by Gasteiger charge is 2.51. The Labute approximate surface area is 260 Å². The van der Waals surface area contributed by atoms with Gasteiger partial charge in [-0.25, -0.2) is 0 Å². The van der Waals surface area contributed by atoms with E-state index in [1.54, 1.807) is 0 Å². The van der Waals surface area contributed by atoms with Gasteiger partial charge in [-0.1, -0.05) is 52.3 Å². The lowest BCUT2D eigenvalue weighted by atomic mass is 9.79. The zero-order chi connectivity index (χ0) is 30.5. The molecule has 0 radical (unpaired) electrons. The van der Waals surface area contributed by atoms with Crippen LogP contribution in [0.2, 0.25) is 0 Å². The largest absolute Gasteiger partial charge is 0.494 e. The third-order valence-corrected chi connectivity index (χ3v) is 9.37. The summed E-state index contributed by atoms with van der Waals surface area (Å²) in [4.78, 5) is 32.9. The van der Waals surface area contributed by atoms with Crippen molar-refractivity contribution >= 4 is 40.3 Å². The molecule has 2 amide bonds. The molecule has 2 aromatic rings. The number of carbonyl (C=O) groups is 2. The number of halogens is 1. The lowest BCUT2D eigenvalue weighted by Gasteiger charge is -2.32. The molecular weight excluding hydrogens is 595 g/mol. The Morgan fingerprint density at radius 2 is 1.02 bits per heavy atom. The van der Waals surface area contributed by atoms with Crippen molar-refractivity contribution in [2.24, 2.45) is 0 Å². The van der Waals surface area contributed by atoms with Crippen LogP contribution in [0.5, 0.6) is 0 Å². The summed E-state index contributed by atoms with van der Waals surface area (Å²) < 4.78 is 13.2. The van der Waals surface area contributed by atoms with Gasteiger partial charge in [-0.3, -0.25) is 9.59 Å². The van der Waals surface area contributed by atoms with E-state index in [1.165, 1.54) is 0 Å². The third-order valence-electron chi connectivity index (χ3n) is 8.84. The van der Waals surface area contributed by atoms with Gasteiger partial charge in [0.05, 0.1) is 24.0 Å². The van der Waals surface area contributed by atoms with Crippen LogP contribution in [0, 0.1) is 0 Å². The highest BCUT2D eigenvalue weighted by Crippen LogP contribution is 2.36. The fraction of sp³-hybridized carbons (Fsp3) is 0.562. The number of benzene rings is 2. The minimum atomic E-state index is -0.354. The Morgan fingerprint density at radius 3 is 1.40 bits per heavy atom. The molecule has 10 heteroatoms. The van der Waals surface area contributed by atoms with E-state index < -0.39 is 0 Å². The molecule has 0 bridgehead atoms. The predicted octanol–water partition coefficient (Wildman–Crippen LogP) is 3.07. The standard InChI is InChI=1S/C19H29BN2O3.C13H17BrN2O/c1-18(2)19(3,4)25-20(24-18)16-8-6-15(7-9-16)14-17(23)22-12-10-21(5)11-13-22;1-15-6-8-16(9-7-15)13(17)10-11-2-4-12(14)5-3-11/h6-9H,10-14H2,1-5H3;2-5H,6-10H2,1H3. The zero-order valence-electron chi connectivity index (χ0n) is 26.1. The fourth-order valence-corrected chi connectivity index (χ4v) is 5.32. The van der Waals surface area contributed by atoms with Crippen LogP contribution in [0.4, 0.5) is 0 Å². The average molecular weight is 641 g/mol. The van der Waals surface area contributed by atoms with Gasteiger partial charge in [-0.15, -0.1) is 0 Å². The van der Waals surface area contributed by atoms with Gasteiger partial charge in [0.1, 0.15) is 0 Å². The molecular formula is C32H46BBrN4O4. The van der Waals surface area contributed by atoms with E-state index >= 15 is 0 Å². The van der Waals surface area contributed by atoms with E-state index in [9.17, 15) is 9.59 Å². The first-order chi connectivity index (χ1) is 19.8. The molecule has 3 heterocycles. The third kappa shape index (κ3) is 8.66. The van der Waals surface area contributed by atoms with Gasteiger partial charge in [0, 0.05) is 56.8 Å². The summed E-state index contributed by atoms with van der Waals surface area (Å²) >= 11 is 3.39. The molecule has 3 saturated heterocycles. The van der Waals surface area contributed by atoms with E-state index in [1.807, 2.05) is 58.3 Å². The van der Waals surface area contributed by atoms with Crippen molar-refractivity contribution in [2.75, 3.05) is 66.5 Å². The Balaban J connectivity index is 0.000000208. The SMILES string of the molecule is CN1CCN(C(=O)Cc2ccc(B3OC(C)(C)C(C)(C)O3)cc2)CC1.CN1CCN(C(=O)Cc2ccc(Br)cc2)CC1. The first-order valence-electron chi connectivity index (χ1n) is 14.9. The number of rotatable bonds is 5. The van der Waals surface area contributed by atoms with Crippen molar-refractivity contribution < 1.29 is 18.9 Å². The Bertz CT molecular complexity index is 1180. The predicted molar refractivity (Wildman–Crippen MR) is 172 cm³/mol. The van der Waals surface area contributed by atoms with Crippen LogP contribution in [0.25, 0.3) is 0 Å². The number of nitrogens with zero attached hydrogens (tertiary/aromatic N) is 4. The summed E-state index contributed by atoms with van der Waals surface area (Å²) in [6.07, 6.45) is 0.963. The average Bonchev–Trinajstić information content (AvgIpc) is 3.17. The molecule has 0 aliphatic carbocycles. The number of piperazine rings is 2. The second-order valence-electron chi connectivity index (χ2n) is 12.7. The maximum atomic E-state index is 12.4. The van der Waals surface area contributed by atoms with E-state index in [2.05, 4.69) is 67.5 Å². The molecule has 0 aromatic heterocycles. The lowest BCUT2D eigenvalue weighted by molar-refractivity contribution is -0.132. The Kier molecular flexibility index (Phi) is 10.9. The molecule has 0 atom stereocenters. The van der Waals surface area contributed by atoms with Gasteiger partial charge < -0.3 is 28.9 Å². The van der Waals surface area contributed by atoms with Crippen LogP contribution in [-0.4, -0.2) is 116 Å². The van der Waals surface area contributed by atoms with Crippen molar-refractivity contribution in [2.45, 2.75) is 51.7 Å². The highest BCUT2D eigenvalue weighted by atomic mass is 79.9. The van der Waals surface area contributed by atoms with E-state index in [4.69, 9.17) is 9.31 Å². The van der Waals surface area contributed by atoms with Gasteiger partial charge in [0.2, 0.25) is 11.8 Å². The molecule has 228 valence electrons. The maximum Gasteiger partial charge on any atom is 0.494 e. The summed E-state index contributed by atoms with van der Waals surface area (Å²) in [5.41, 5.74) is 2.43. The maximum absolute atomic E-state index is 12.4.